The van der Waals surface area contributed by atoms with Crippen molar-refractivity contribution >= 4 is 17.7 Å². The number of aryl methyl sites for hydroxylation is 1. The molecule has 1 aliphatic rings. The van der Waals surface area contributed by atoms with Crippen molar-refractivity contribution in [3.8, 4) is 11.5 Å². The molecular formula is C22H21N3O3S. The number of amides is 1. The van der Waals surface area contributed by atoms with Gasteiger partial charge in [0.15, 0.2) is 5.16 Å². The Morgan fingerprint density at radius 2 is 1.76 bits per heavy atom. The fraction of sp³-hybridized carbons (Fsp3) is 0.227. The van der Waals surface area contributed by atoms with E-state index >= 15 is 0 Å². The van der Waals surface area contributed by atoms with E-state index < -0.39 is 0 Å². The van der Waals surface area contributed by atoms with Crippen molar-refractivity contribution in [1.29, 1.82) is 0 Å². The Morgan fingerprint density at radius 1 is 1.14 bits per heavy atom. The number of benzene rings is 2. The summed E-state index contributed by atoms with van der Waals surface area (Å²) in [5, 5.41) is 3.69. The molecule has 0 atom stereocenters. The van der Waals surface area contributed by atoms with Crippen LogP contribution in [0.25, 0.3) is 0 Å². The van der Waals surface area contributed by atoms with E-state index in [1.807, 2.05) is 54.8 Å². The summed E-state index contributed by atoms with van der Waals surface area (Å²) in [6.45, 7) is 1.80. The third-order valence-corrected chi connectivity index (χ3v) is 5.56. The van der Waals surface area contributed by atoms with Gasteiger partial charge in [-0.15, -0.1) is 0 Å². The zero-order valence-corrected chi connectivity index (χ0v) is 17.0. The minimum absolute atomic E-state index is 0.130. The third kappa shape index (κ3) is 3.91. The summed E-state index contributed by atoms with van der Waals surface area (Å²) in [7, 11) is 0. The van der Waals surface area contributed by atoms with Crippen molar-refractivity contribution in [2.75, 3.05) is 6.26 Å². The van der Waals surface area contributed by atoms with Crippen molar-refractivity contribution in [1.82, 2.24) is 15.3 Å². The second-order valence-corrected chi connectivity index (χ2v) is 7.61. The highest BCUT2D eigenvalue weighted by atomic mass is 32.2. The van der Waals surface area contributed by atoms with Crippen LogP contribution in [0.1, 0.15) is 34.8 Å². The minimum atomic E-state index is -0.292. The molecule has 4 rings (SSSR count). The largest absolute Gasteiger partial charge is 0.457 e. The highest BCUT2D eigenvalue weighted by Crippen LogP contribution is 2.42. The van der Waals surface area contributed by atoms with Gasteiger partial charge in [0, 0.05) is 28.8 Å². The monoisotopic (exact) mass is 407 g/mol. The third-order valence-electron chi connectivity index (χ3n) is 4.98. The maximum absolute atomic E-state index is 12.8. The van der Waals surface area contributed by atoms with Gasteiger partial charge in [0.05, 0.1) is 6.04 Å². The lowest BCUT2D eigenvalue weighted by molar-refractivity contribution is -0.121. The average Bonchev–Trinajstić information content (AvgIpc) is 2.72. The van der Waals surface area contributed by atoms with Gasteiger partial charge in [0.25, 0.3) is 5.56 Å². The normalized spacial score (nSPS) is 12.6. The van der Waals surface area contributed by atoms with Crippen molar-refractivity contribution < 1.29 is 9.53 Å². The van der Waals surface area contributed by atoms with Gasteiger partial charge >= 0.3 is 0 Å². The Bertz CT molecular complexity index is 1080. The molecule has 1 aromatic heterocycles. The van der Waals surface area contributed by atoms with Crippen LogP contribution in [0.5, 0.6) is 11.5 Å². The molecule has 7 heteroatoms. The number of para-hydroxylation sites is 2. The molecule has 0 spiro atoms. The van der Waals surface area contributed by atoms with Crippen LogP contribution in [0.2, 0.25) is 0 Å². The van der Waals surface area contributed by atoms with Gasteiger partial charge in [-0.25, -0.2) is 4.98 Å². The van der Waals surface area contributed by atoms with Gasteiger partial charge in [-0.05, 0) is 31.7 Å². The van der Waals surface area contributed by atoms with Gasteiger partial charge in [-0.2, -0.15) is 0 Å². The summed E-state index contributed by atoms with van der Waals surface area (Å²) < 4.78 is 5.96. The molecule has 148 valence electrons. The van der Waals surface area contributed by atoms with Crippen LogP contribution in [0.3, 0.4) is 0 Å². The first kappa shape index (κ1) is 19.3. The summed E-state index contributed by atoms with van der Waals surface area (Å²) in [5.74, 6) is 1.34. The maximum Gasteiger partial charge on any atom is 0.254 e. The van der Waals surface area contributed by atoms with Crippen molar-refractivity contribution in [3.05, 3.63) is 81.3 Å². The molecule has 1 aliphatic heterocycles. The molecule has 3 aromatic rings. The zero-order chi connectivity index (χ0) is 20.4. The van der Waals surface area contributed by atoms with E-state index in [0.717, 1.165) is 22.6 Å². The molecule has 29 heavy (non-hydrogen) atoms. The average molecular weight is 407 g/mol. The quantitative estimate of drug-likeness (QED) is 0.497. The van der Waals surface area contributed by atoms with Crippen LogP contribution >= 0.6 is 11.8 Å². The first-order chi connectivity index (χ1) is 14.1. The van der Waals surface area contributed by atoms with Gasteiger partial charge in [-0.3, -0.25) is 9.59 Å². The molecule has 0 fully saturated rings. The molecule has 1 amide bonds. The molecule has 0 saturated heterocycles. The van der Waals surface area contributed by atoms with Crippen LogP contribution in [0, 0.1) is 6.92 Å². The van der Waals surface area contributed by atoms with E-state index in [4.69, 9.17) is 4.74 Å². The second-order valence-electron chi connectivity index (χ2n) is 6.82. The van der Waals surface area contributed by atoms with Crippen molar-refractivity contribution in [2.24, 2.45) is 0 Å². The molecule has 2 heterocycles. The minimum Gasteiger partial charge on any atom is -0.457 e. The highest BCUT2D eigenvalue weighted by Gasteiger charge is 2.28. The number of carbonyl (C=O) groups is 1. The van der Waals surface area contributed by atoms with Gasteiger partial charge in [-0.1, -0.05) is 48.2 Å². The van der Waals surface area contributed by atoms with E-state index in [9.17, 15) is 9.59 Å². The lowest BCUT2D eigenvalue weighted by Gasteiger charge is -2.28. The Hall–Kier alpha value is -3.06. The molecule has 0 unspecified atom stereocenters. The topological polar surface area (TPSA) is 84.1 Å². The summed E-state index contributed by atoms with van der Waals surface area (Å²) in [4.78, 5) is 32.2. The SMILES string of the molecule is CSc1nc(C)c(CCC(=O)NC2c3ccccc3Oc3ccccc32)c(=O)[nH]1. The summed E-state index contributed by atoms with van der Waals surface area (Å²) in [5.41, 5.74) is 2.86. The smallest absolute Gasteiger partial charge is 0.254 e. The number of hydrogen-bond donors (Lipinski definition) is 2. The standard InChI is InChI=1S/C22H21N3O3S/c1-13-14(21(27)25-22(23-13)29-2)11-12-19(26)24-20-15-7-3-5-9-17(15)28-18-10-6-4-8-16(18)20/h3-10,20H,11-12H2,1-2H3,(H,24,26)(H,23,25,27). The van der Waals surface area contributed by atoms with E-state index in [2.05, 4.69) is 15.3 Å². The Balaban J connectivity index is 1.53. The molecule has 6 nitrogen and oxygen atoms in total. The summed E-state index contributed by atoms with van der Waals surface area (Å²) >= 11 is 1.38. The van der Waals surface area contributed by atoms with Crippen LogP contribution in [0.15, 0.2) is 58.5 Å². The molecule has 0 bridgehead atoms. The van der Waals surface area contributed by atoms with Gasteiger partial charge in [0.1, 0.15) is 11.5 Å². The number of rotatable bonds is 5. The van der Waals surface area contributed by atoms with Crippen molar-refractivity contribution in [3.63, 3.8) is 0 Å². The number of nitrogens with one attached hydrogen (secondary N) is 2. The first-order valence-electron chi connectivity index (χ1n) is 9.35. The van der Waals surface area contributed by atoms with Crippen LogP contribution in [-0.4, -0.2) is 22.1 Å². The van der Waals surface area contributed by atoms with E-state index in [1.54, 1.807) is 6.92 Å². The number of ether oxygens (including phenoxy) is 1. The number of thioether (sulfide) groups is 1. The summed E-state index contributed by atoms with van der Waals surface area (Å²) in [6.07, 6.45) is 2.39. The predicted octanol–water partition coefficient (Wildman–Crippen LogP) is 3.74. The van der Waals surface area contributed by atoms with Crippen LogP contribution in [-0.2, 0) is 11.2 Å². The van der Waals surface area contributed by atoms with Gasteiger partial charge < -0.3 is 15.0 Å². The predicted molar refractivity (Wildman–Crippen MR) is 113 cm³/mol. The van der Waals surface area contributed by atoms with Crippen molar-refractivity contribution in [2.45, 2.75) is 31.0 Å². The number of hydrogen-bond acceptors (Lipinski definition) is 5. The fourth-order valence-electron chi connectivity index (χ4n) is 3.51. The lowest BCUT2D eigenvalue weighted by Crippen LogP contribution is -2.32. The lowest BCUT2D eigenvalue weighted by atomic mass is 9.94. The molecular weight excluding hydrogens is 386 g/mol. The summed E-state index contributed by atoms with van der Waals surface area (Å²) in [6, 6.07) is 15.1. The molecule has 0 aliphatic carbocycles. The number of aromatic nitrogens is 2. The number of H-pyrrole nitrogens is 1. The molecule has 2 N–H and O–H groups in total. The van der Waals surface area contributed by atoms with E-state index in [-0.39, 0.29) is 23.9 Å². The zero-order valence-electron chi connectivity index (χ0n) is 16.2. The number of nitrogens with zero attached hydrogens (tertiary/aromatic N) is 1. The molecule has 2 aromatic carbocycles. The Morgan fingerprint density at radius 3 is 2.34 bits per heavy atom. The Labute approximate surface area is 172 Å². The van der Waals surface area contributed by atoms with Gasteiger partial charge in [0.2, 0.25) is 5.91 Å². The van der Waals surface area contributed by atoms with Crippen LogP contribution < -0.4 is 15.6 Å². The fourth-order valence-corrected chi connectivity index (χ4v) is 3.94. The van der Waals surface area contributed by atoms with Crippen LogP contribution in [0.4, 0.5) is 0 Å². The number of fused-ring (bicyclic) bond motifs is 2. The number of aromatic amines is 1. The number of carbonyl (C=O) groups excluding carboxylic acids is 1. The first-order valence-corrected chi connectivity index (χ1v) is 10.6. The Kier molecular flexibility index (Phi) is 5.40. The molecule has 0 radical (unpaired) electrons. The highest BCUT2D eigenvalue weighted by molar-refractivity contribution is 7.98. The maximum atomic E-state index is 12.8. The molecule has 0 saturated carbocycles. The second kappa shape index (κ2) is 8.13. The van der Waals surface area contributed by atoms with E-state index in [0.29, 0.717) is 22.8 Å². The van der Waals surface area contributed by atoms with E-state index in [1.165, 1.54) is 11.8 Å².